The van der Waals surface area contributed by atoms with E-state index in [1.165, 1.54) is 19.3 Å². The molecule has 0 aliphatic rings. The molecule has 0 saturated heterocycles. The molecule has 2 aromatic rings. The standard InChI is InChI=1S/C24H33BrO3/c1-6-7-8-9-12-23(2,3)16-13-20(26)22(21(27)14-16)18-15-17(25)10-11-19(18)24(4,5)28/h10-11,13-15,26-28H,6-9,12H2,1-5H3. The Morgan fingerprint density at radius 2 is 1.50 bits per heavy atom. The molecule has 0 aliphatic carbocycles. The van der Waals surface area contributed by atoms with E-state index >= 15 is 0 Å². The molecule has 0 fully saturated rings. The van der Waals surface area contributed by atoms with E-state index in [-0.39, 0.29) is 16.9 Å². The molecule has 0 aliphatic heterocycles. The smallest absolute Gasteiger partial charge is 0.127 e. The van der Waals surface area contributed by atoms with E-state index in [0.717, 1.165) is 22.9 Å². The number of phenolic OH excluding ortho intramolecular Hbond substituents is 2. The number of aromatic hydroxyl groups is 2. The van der Waals surface area contributed by atoms with Crippen LogP contribution in [0.25, 0.3) is 11.1 Å². The highest BCUT2D eigenvalue weighted by molar-refractivity contribution is 9.10. The molecular formula is C24H33BrO3. The van der Waals surface area contributed by atoms with Crippen LogP contribution in [0.2, 0.25) is 0 Å². The molecule has 0 amide bonds. The number of halogens is 1. The molecule has 0 unspecified atom stereocenters. The van der Waals surface area contributed by atoms with E-state index < -0.39 is 5.60 Å². The van der Waals surface area contributed by atoms with Crippen LogP contribution in [0.1, 0.15) is 77.8 Å². The summed E-state index contributed by atoms with van der Waals surface area (Å²) >= 11 is 3.45. The van der Waals surface area contributed by atoms with Crippen LogP contribution in [0, 0.1) is 0 Å². The van der Waals surface area contributed by atoms with Gasteiger partial charge in [0.25, 0.3) is 0 Å². The Kier molecular flexibility index (Phi) is 7.22. The predicted molar refractivity (Wildman–Crippen MR) is 120 cm³/mol. The lowest BCUT2D eigenvalue weighted by Gasteiger charge is -2.27. The van der Waals surface area contributed by atoms with E-state index in [4.69, 9.17) is 0 Å². The first-order chi connectivity index (χ1) is 13.0. The Balaban J connectivity index is 2.47. The van der Waals surface area contributed by atoms with Crippen LogP contribution in [-0.4, -0.2) is 15.3 Å². The second-order valence-electron chi connectivity index (χ2n) is 8.83. The predicted octanol–water partition coefficient (Wildman–Crippen LogP) is 7.00. The minimum Gasteiger partial charge on any atom is -0.507 e. The maximum Gasteiger partial charge on any atom is 0.127 e. The van der Waals surface area contributed by atoms with Crippen LogP contribution in [0.15, 0.2) is 34.8 Å². The molecule has 0 bridgehead atoms. The van der Waals surface area contributed by atoms with Crippen molar-refractivity contribution in [3.05, 3.63) is 45.9 Å². The number of hydrogen-bond donors (Lipinski definition) is 3. The van der Waals surface area contributed by atoms with Gasteiger partial charge >= 0.3 is 0 Å². The van der Waals surface area contributed by atoms with Crippen LogP contribution in [-0.2, 0) is 11.0 Å². The molecule has 0 saturated carbocycles. The highest BCUT2D eigenvalue weighted by atomic mass is 79.9. The summed E-state index contributed by atoms with van der Waals surface area (Å²) in [6.45, 7) is 9.88. The lowest BCUT2D eigenvalue weighted by molar-refractivity contribution is 0.0792. The molecule has 0 radical (unpaired) electrons. The fourth-order valence-electron chi connectivity index (χ4n) is 3.67. The van der Waals surface area contributed by atoms with Gasteiger partial charge in [0.15, 0.2) is 0 Å². The molecule has 28 heavy (non-hydrogen) atoms. The van der Waals surface area contributed by atoms with Gasteiger partial charge < -0.3 is 15.3 Å². The van der Waals surface area contributed by atoms with Crippen LogP contribution in [0.4, 0.5) is 0 Å². The highest BCUT2D eigenvalue weighted by Crippen LogP contribution is 2.45. The molecule has 2 aromatic carbocycles. The van der Waals surface area contributed by atoms with E-state index in [1.807, 2.05) is 18.2 Å². The van der Waals surface area contributed by atoms with Crippen molar-refractivity contribution in [1.82, 2.24) is 0 Å². The first-order valence-electron chi connectivity index (χ1n) is 10.1. The molecule has 0 atom stereocenters. The van der Waals surface area contributed by atoms with Crippen molar-refractivity contribution in [2.45, 2.75) is 77.7 Å². The van der Waals surface area contributed by atoms with E-state index in [1.54, 1.807) is 26.0 Å². The lowest BCUT2D eigenvalue weighted by atomic mass is 9.78. The summed E-state index contributed by atoms with van der Waals surface area (Å²) in [5.41, 5.74) is 1.28. The van der Waals surface area contributed by atoms with Crippen molar-refractivity contribution in [2.75, 3.05) is 0 Å². The maximum absolute atomic E-state index is 10.8. The van der Waals surface area contributed by atoms with E-state index in [9.17, 15) is 15.3 Å². The molecule has 0 heterocycles. The van der Waals surface area contributed by atoms with E-state index in [0.29, 0.717) is 16.7 Å². The Hall–Kier alpha value is -1.52. The SMILES string of the molecule is CCCCCCC(C)(C)c1cc(O)c(-c2cc(Br)ccc2C(C)(C)O)c(O)c1. The summed E-state index contributed by atoms with van der Waals surface area (Å²) in [5.74, 6) is 0.0560. The zero-order valence-corrected chi connectivity index (χ0v) is 19.2. The first-order valence-corrected chi connectivity index (χ1v) is 10.9. The van der Waals surface area contributed by atoms with Crippen molar-refractivity contribution in [3.8, 4) is 22.6 Å². The Morgan fingerprint density at radius 1 is 0.893 bits per heavy atom. The van der Waals surface area contributed by atoms with Gasteiger partial charge in [0.2, 0.25) is 0 Å². The average Bonchev–Trinajstić information content (AvgIpc) is 2.57. The van der Waals surface area contributed by atoms with Crippen LogP contribution < -0.4 is 0 Å². The summed E-state index contributed by atoms with van der Waals surface area (Å²) in [6, 6.07) is 8.98. The molecular weight excluding hydrogens is 416 g/mol. The minimum absolute atomic E-state index is 0.0280. The van der Waals surface area contributed by atoms with Crippen molar-refractivity contribution in [2.24, 2.45) is 0 Å². The van der Waals surface area contributed by atoms with E-state index in [2.05, 4.69) is 36.7 Å². The first kappa shape index (κ1) is 22.8. The molecule has 0 spiro atoms. The monoisotopic (exact) mass is 448 g/mol. The quantitative estimate of drug-likeness (QED) is 0.380. The van der Waals surface area contributed by atoms with Gasteiger partial charge in [0.05, 0.1) is 11.2 Å². The number of aliphatic hydroxyl groups is 1. The lowest BCUT2D eigenvalue weighted by Crippen LogP contribution is -2.18. The van der Waals surface area contributed by atoms with Crippen LogP contribution >= 0.6 is 15.9 Å². The van der Waals surface area contributed by atoms with Crippen molar-refractivity contribution in [3.63, 3.8) is 0 Å². The summed E-state index contributed by atoms with van der Waals surface area (Å²) in [4.78, 5) is 0. The summed E-state index contributed by atoms with van der Waals surface area (Å²) < 4.78 is 0.814. The second-order valence-corrected chi connectivity index (χ2v) is 9.75. The highest BCUT2D eigenvalue weighted by Gasteiger charge is 2.27. The Bertz CT molecular complexity index is 796. The fraction of sp³-hybridized carbons (Fsp3) is 0.500. The van der Waals surface area contributed by atoms with Crippen LogP contribution in [0.5, 0.6) is 11.5 Å². The Labute approximate surface area is 177 Å². The zero-order valence-electron chi connectivity index (χ0n) is 17.6. The van der Waals surface area contributed by atoms with Gasteiger partial charge in [-0.25, -0.2) is 0 Å². The van der Waals surface area contributed by atoms with Crippen LogP contribution in [0.3, 0.4) is 0 Å². The second kappa shape index (κ2) is 8.87. The van der Waals surface area contributed by atoms with Gasteiger partial charge in [-0.2, -0.15) is 0 Å². The minimum atomic E-state index is -1.11. The Morgan fingerprint density at radius 3 is 2.04 bits per heavy atom. The van der Waals surface area contributed by atoms with Gasteiger partial charge in [-0.1, -0.05) is 68.5 Å². The van der Waals surface area contributed by atoms with Gasteiger partial charge in [-0.05, 0) is 66.6 Å². The molecule has 3 N–H and O–H groups in total. The molecule has 154 valence electrons. The third kappa shape index (κ3) is 5.30. The van der Waals surface area contributed by atoms with Crippen molar-refractivity contribution >= 4 is 15.9 Å². The molecule has 2 rings (SSSR count). The molecule has 3 nitrogen and oxygen atoms in total. The van der Waals surface area contributed by atoms with Gasteiger partial charge in [0.1, 0.15) is 11.5 Å². The topological polar surface area (TPSA) is 60.7 Å². The fourth-order valence-corrected chi connectivity index (χ4v) is 4.03. The van der Waals surface area contributed by atoms with Crippen molar-refractivity contribution < 1.29 is 15.3 Å². The molecule has 4 heteroatoms. The summed E-state index contributed by atoms with van der Waals surface area (Å²) in [5, 5.41) is 32.2. The number of rotatable bonds is 8. The summed E-state index contributed by atoms with van der Waals surface area (Å²) in [6.07, 6.45) is 5.75. The zero-order chi connectivity index (χ0) is 21.1. The maximum atomic E-state index is 10.8. The normalized spacial score (nSPS) is 12.4. The summed E-state index contributed by atoms with van der Waals surface area (Å²) in [7, 11) is 0. The number of hydrogen-bond acceptors (Lipinski definition) is 3. The third-order valence-electron chi connectivity index (χ3n) is 5.44. The van der Waals surface area contributed by atoms with Gasteiger partial charge in [-0.15, -0.1) is 0 Å². The number of phenols is 2. The number of benzene rings is 2. The van der Waals surface area contributed by atoms with Crippen molar-refractivity contribution in [1.29, 1.82) is 0 Å². The molecule has 0 aromatic heterocycles. The number of unbranched alkanes of at least 4 members (excludes halogenated alkanes) is 3. The average molecular weight is 449 g/mol. The third-order valence-corrected chi connectivity index (χ3v) is 5.94. The van der Waals surface area contributed by atoms with Gasteiger partial charge in [0, 0.05) is 4.47 Å². The largest absolute Gasteiger partial charge is 0.507 e. The van der Waals surface area contributed by atoms with Gasteiger partial charge in [-0.3, -0.25) is 0 Å².